The predicted octanol–water partition coefficient (Wildman–Crippen LogP) is 3.08. The van der Waals surface area contributed by atoms with Gasteiger partial charge in [0.15, 0.2) is 0 Å². The van der Waals surface area contributed by atoms with Crippen molar-refractivity contribution in [2.75, 3.05) is 11.9 Å². The Morgan fingerprint density at radius 2 is 2.17 bits per heavy atom. The summed E-state index contributed by atoms with van der Waals surface area (Å²) in [7, 11) is 0. The molecule has 0 atom stereocenters. The van der Waals surface area contributed by atoms with Gasteiger partial charge in [0.2, 0.25) is 0 Å². The lowest BCUT2D eigenvalue weighted by molar-refractivity contribution is 0.0697. The smallest absolute Gasteiger partial charge is 0.339 e. The molecule has 18 heavy (non-hydrogen) atoms. The van der Waals surface area contributed by atoms with Gasteiger partial charge in [0.1, 0.15) is 11.4 Å². The molecule has 0 aromatic carbocycles. The average molecular weight is 248 g/mol. The Bertz CT molecular complexity index is 426. The number of rotatable bonds is 5. The van der Waals surface area contributed by atoms with Crippen LogP contribution in [0.2, 0.25) is 0 Å². The number of aromatic nitrogens is 1. The Morgan fingerprint density at radius 3 is 2.83 bits per heavy atom. The van der Waals surface area contributed by atoms with Crippen molar-refractivity contribution in [3.05, 3.63) is 23.4 Å². The van der Waals surface area contributed by atoms with Crippen molar-refractivity contribution in [1.29, 1.82) is 0 Å². The van der Waals surface area contributed by atoms with E-state index in [0.29, 0.717) is 5.82 Å². The number of aromatic carboxylic acids is 1. The normalized spacial score (nSPS) is 15.8. The Balaban J connectivity index is 1.94. The van der Waals surface area contributed by atoms with Crippen LogP contribution in [0.4, 0.5) is 5.82 Å². The summed E-state index contributed by atoms with van der Waals surface area (Å²) >= 11 is 0. The molecule has 98 valence electrons. The highest BCUT2D eigenvalue weighted by Crippen LogP contribution is 2.27. The quantitative estimate of drug-likeness (QED) is 0.840. The average Bonchev–Trinajstić information content (AvgIpc) is 2.82. The fourth-order valence-electron chi connectivity index (χ4n) is 2.56. The molecular formula is C14H20N2O2. The van der Waals surface area contributed by atoms with E-state index in [1.165, 1.54) is 25.7 Å². The first-order chi connectivity index (χ1) is 8.66. The van der Waals surface area contributed by atoms with E-state index in [1.807, 2.05) is 6.92 Å². The van der Waals surface area contributed by atoms with Gasteiger partial charge in [-0.15, -0.1) is 0 Å². The van der Waals surface area contributed by atoms with Crippen molar-refractivity contribution in [3.8, 4) is 0 Å². The largest absolute Gasteiger partial charge is 0.478 e. The number of carboxylic acids is 1. The maximum atomic E-state index is 11.1. The zero-order valence-corrected chi connectivity index (χ0v) is 10.8. The molecule has 0 spiro atoms. The first-order valence-corrected chi connectivity index (χ1v) is 6.61. The van der Waals surface area contributed by atoms with Crippen molar-refractivity contribution in [1.82, 2.24) is 4.98 Å². The fraction of sp³-hybridized carbons (Fsp3) is 0.571. The Hall–Kier alpha value is -1.58. The highest BCUT2D eigenvalue weighted by molar-refractivity contribution is 5.93. The third-order valence-corrected chi connectivity index (χ3v) is 3.58. The summed E-state index contributed by atoms with van der Waals surface area (Å²) in [5.41, 5.74) is 1.09. The predicted molar refractivity (Wildman–Crippen MR) is 71.0 cm³/mol. The van der Waals surface area contributed by atoms with Crippen LogP contribution in [-0.2, 0) is 0 Å². The third-order valence-electron chi connectivity index (χ3n) is 3.58. The number of anilines is 1. The van der Waals surface area contributed by atoms with E-state index >= 15 is 0 Å². The molecule has 0 amide bonds. The van der Waals surface area contributed by atoms with Crippen LogP contribution in [0, 0.1) is 12.8 Å². The van der Waals surface area contributed by atoms with Crippen molar-refractivity contribution in [2.24, 2.45) is 5.92 Å². The minimum atomic E-state index is -0.925. The van der Waals surface area contributed by atoms with Gasteiger partial charge in [-0.1, -0.05) is 25.7 Å². The lowest BCUT2D eigenvalue weighted by atomic mass is 10.0. The molecule has 0 aliphatic heterocycles. The number of nitrogens with one attached hydrogen (secondary N) is 1. The van der Waals surface area contributed by atoms with E-state index in [0.717, 1.165) is 24.6 Å². The van der Waals surface area contributed by atoms with Crippen molar-refractivity contribution >= 4 is 11.8 Å². The molecule has 4 nitrogen and oxygen atoms in total. The van der Waals surface area contributed by atoms with Gasteiger partial charge in [-0.25, -0.2) is 9.78 Å². The number of aryl methyl sites for hydroxylation is 1. The monoisotopic (exact) mass is 248 g/mol. The van der Waals surface area contributed by atoms with Crippen LogP contribution >= 0.6 is 0 Å². The van der Waals surface area contributed by atoms with Gasteiger partial charge in [0.05, 0.1) is 0 Å². The molecule has 2 N–H and O–H groups in total. The first kappa shape index (κ1) is 12.9. The van der Waals surface area contributed by atoms with Crippen LogP contribution in [-0.4, -0.2) is 22.6 Å². The van der Waals surface area contributed by atoms with Gasteiger partial charge in [-0.3, -0.25) is 0 Å². The maximum absolute atomic E-state index is 11.1. The molecule has 1 saturated carbocycles. The van der Waals surface area contributed by atoms with Crippen LogP contribution in [0.1, 0.15) is 48.2 Å². The van der Waals surface area contributed by atoms with Crippen LogP contribution < -0.4 is 5.32 Å². The Kier molecular flexibility index (Phi) is 4.18. The molecule has 1 aliphatic rings. The number of nitrogens with zero attached hydrogens (tertiary/aromatic N) is 1. The molecular weight excluding hydrogens is 228 g/mol. The van der Waals surface area contributed by atoms with Gasteiger partial charge >= 0.3 is 5.97 Å². The molecule has 0 saturated heterocycles. The Morgan fingerprint density at radius 1 is 1.44 bits per heavy atom. The second-order valence-electron chi connectivity index (χ2n) is 5.02. The molecule has 0 bridgehead atoms. The molecule has 1 aromatic rings. The van der Waals surface area contributed by atoms with E-state index < -0.39 is 5.97 Å². The zero-order valence-electron chi connectivity index (χ0n) is 10.8. The summed E-state index contributed by atoms with van der Waals surface area (Å²) in [5.74, 6) is 0.377. The second-order valence-corrected chi connectivity index (χ2v) is 5.02. The van der Waals surface area contributed by atoms with E-state index in [4.69, 9.17) is 5.11 Å². The fourth-order valence-corrected chi connectivity index (χ4v) is 2.56. The van der Waals surface area contributed by atoms with E-state index in [9.17, 15) is 4.79 Å². The van der Waals surface area contributed by atoms with Crippen molar-refractivity contribution in [3.63, 3.8) is 0 Å². The Labute approximate surface area is 107 Å². The van der Waals surface area contributed by atoms with E-state index in [1.54, 1.807) is 12.1 Å². The minimum Gasteiger partial charge on any atom is -0.478 e. The van der Waals surface area contributed by atoms with Gasteiger partial charge in [0.25, 0.3) is 0 Å². The SMILES string of the molecule is Cc1ccc(C(=O)O)c(NCCC2CCCC2)n1. The molecule has 1 fully saturated rings. The molecule has 1 aromatic heterocycles. The topological polar surface area (TPSA) is 62.2 Å². The first-order valence-electron chi connectivity index (χ1n) is 6.61. The standard InChI is InChI=1S/C14H20N2O2/c1-10-6-7-12(14(17)18)13(16-10)15-9-8-11-4-2-3-5-11/h6-7,11H,2-5,8-9H2,1H3,(H,15,16)(H,17,18). The number of pyridine rings is 1. The summed E-state index contributed by atoms with van der Waals surface area (Å²) in [6, 6.07) is 3.34. The molecule has 0 radical (unpaired) electrons. The number of hydrogen-bond acceptors (Lipinski definition) is 3. The number of carboxylic acid groups (broad SMARTS) is 1. The van der Waals surface area contributed by atoms with Crippen LogP contribution in [0.15, 0.2) is 12.1 Å². The molecule has 1 aliphatic carbocycles. The summed E-state index contributed by atoms with van der Waals surface area (Å²) in [5, 5.41) is 12.3. The van der Waals surface area contributed by atoms with Crippen molar-refractivity contribution in [2.45, 2.75) is 39.0 Å². The van der Waals surface area contributed by atoms with Crippen LogP contribution in [0.5, 0.6) is 0 Å². The van der Waals surface area contributed by atoms with Crippen LogP contribution in [0.3, 0.4) is 0 Å². The summed E-state index contributed by atoms with van der Waals surface area (Å²) in [6.45, 7) is 2.68. The van der Waals surface area contributed by atoms with Gasteiger partial charge in [0, 0.05) is 12.2 Å². The third kappa shape index (κ3) is 3.22. The van der Waals surface area contributed by atoms with Crippen molar-refractivity contribution < 1.29 is 9.90 Å². The molecule has 2 rings (SSSR count). The van der Waals surface area contributed by atoms with Gasteiger partial charge in [-0.2, -0.15) is 0 Å². The van der Waals surface area contributed by atoms with Gasteiger partial charge in [-0.05, 0) is 31.4 Å². The number of hydrogen-bond donors (Lipinski definition) is 2. The minimum absolute atomic E-state index is 0.257. The summed E-state index contributed by atoms with van der Waals surface area (Å²) in [4.78, 5) is 15.3. The van der Waals surface area contributed by atoms with Gasteiger partial charge < -0.3 is 10.4 Å². The second kappa shape index (κ2) is 5.85. The molecule has 0 unspecified atom stereocenters. The van der Waals surface area contributed by atoms with E-state index in [-0.39, 0.29) is 5.56 Å². The lowest BCUT2D eigenvalue weighted by Crippen LogP contribution is -2.12. The maximum Gasteiger partial charge on any atom is 0.339 e. The molecule has 4 heteroatoms. The zero-order chi connectivity index (χ0) is 13.0. The highest BCUT2D eigenvalue weighted by atomic mass is 16.4. The lowest BCUT2D eigenvalue weighted by Gasteiger charge is -2.12. The highest BCUT2D eigenvalue weighted by Gasteiger charge is 2.15. The number of carbonyl (C=O) groups is 1. The van der Waals surface area contributed by atoms with Crippen LogP contribution in [0.25, 0.3) is 0 Å². The molecule has 1 heterocycles. The summed E-state index contributed by atoms with van der Waals surface area (Å²) in [6.07, 6.45) is 6.42. The van der Waals surface area contributed by atoms with E-state index in [2.05, 4.69) is 10.3 Å². The summed E-state index contributed by atoms with van der Waals surface area (Å²) < 4.78 is 0.